The lowest BCUT2D eigenvalue weighted by atomic mass is 9.82. The number of amides is 1. The normalized spacial score (nSPS) is 17.2. The maximum atomic E-state index is 12.3. The quantitative estimate of drug-likeness (QED) is 0.791. The summed E-state index contributed by atoms with van der Waals surface area (Å²) in [6.45, 7) is 0. The highest BCUT2D eigenvalue weighted by Crippen LogP contribution is 2.28. The number of nitrogens with one attached hydrogen (secondary N) is 2. The number of halogens is 2. The average molecular weight is 329 g/mol. The Morgan fingerprint density at radius 3 is 2.71 bits per heavy atom. The molecule has 1 aromatic heterocycles. The molecule has 114 valence electrons. The van der Waals surface area contributed by atoms with Crippen molar-refractivity contribution in [2.45, 2.75) is 37.6 Å². The van der Waals surface area contributed by atoms with E-state index in [1.165, 1.54) is 0 Å². The number of aromatic amines is 1. The summed E-state index contributed by atoms with van der Waals surface area (Å²) in [5.74, 6) is 0.223. The molecule has 4 N–H and O–H groups in total. The minimum atomic E-state index is -0.777. The molecule has 0 saturated heterocycles. The molecule has 0 spiro atoms. The first kappa shape index (κ1) is 16.1. The van der Waals surface area contributed by atoms with Crippen molar-refractivity contribution in [3.8, 4) is 0 Å². The predicted octanol–water partition coefficient (Wildman–Crippen LogP) is 3.24. The summed E-state index contributed by atoms with van der Waals surface area (Å²) in [6, 6.07) is 5.46. The maximum Gasteiger partial charge on any atom is 0.246 e. The second-order valence-electron chi connectivity index (χ2n) is 5.39. The van der Waals surface area contributed by atoms with Gasteiger partial charge in [0.05, 0.1) is 16.1 Å². The predicted molar refractivity (Wildman–Crippen MR) is 87.0 cm³/mol. The van der Waals surface area contributed by atoms with Crippen LogP contribution < -0.4 is 11.1 Å². The summed E-state index contributed by atoms with van der Waals surface area (Å²) >= 11 is 6.06. The Morgan fingerprint density at radius 2 is 2.05 bits per heavy atom. The van der Waals surface area contributed by atoms with Gasteiger partial charge in [-0.2, -0.15) is 0 Å². The zero-order chi connectivity index (χ0) is 14.2. The monoisotopic (exact) mass is 328 g/mol. The number of carbonyl (C=O) groups is 1. The molecule has 1 aliphatic rings. The molecule has 1 aromatic carbocycles. The van der Waals surface area contributed by atoms with Crippen molar-refractivity contribution < 1.29 is 4.79 Å². The second-order valence-corrected chi connectivity index (χ2v) is 5.80. The summed E-state index contributed by atoms with van der Waals surface area (Å²) < 4.78 is 0. The second kappa shape index (κ2) is 6.22. The number of nitrogens with zero attached hydrogens (tertiary/aromatic N) is 1. The van der Waals surface area contributed by atoms with E-state index in [4.69, 9.17) is 17.3 Å². The molecule has 2 aromatic rings. The number of fused-ring (bicyclic) bond motifs is 1. The molecule has 0 atom stereocenters. The van der Waals surface area contributed by atoms with Gasteiger partial charge in [0, 0.05) is 0 Å². The lowest BCUT2D eigenvalue weighted by Gasteiger charge is -2.31. The van der Waals surface area contributed by atoms with E-state index in [1.807, 2.05) is 12.1 Å². The molecule has 1 fully saturated rings. The molecule has 21 heavy (non-hydrogen) atoms. The van der Waals surface area contributed by atoms with Gasteiger partial charge in [0.15, 0.2) is 0 Å². The van der Waals surface area contributed by atoms with E-state index in [9.17, 15) is 4.79 Å². The van der Waals surface area contributed by atoms with E-state index in [-0.39, 0.29) is 18.3 Å². The minimum Gasteiger partial charge on any atom is -0.324 e. The fourth-order valence-electron chi connectivity index (χ4n) is 2.70. The molecule has 0 bridgehead atoms. The molecule has 1 amide bonds. The molecule has 7 heteroatoms. The van der Waals surface area contributed by atoms with Gasteiger partial charge in [-0.1, -0.05) is 36.9 Å². The van der Waals surface area contributed by atoms with Gasteiger partial charge in [-0.15, -0.1) is 12.4 Å². The highest BCUT2D eigenvalue weighted by molar-refractivity contribution is 6.35. The van der Waals surface area contributed by atoms with E-state index in [0.29, 0.717) is 16.5 Å². The third kappa shape index (κ3) is 3.15. The molecule has 1 saturated carbocycles. The number of H-pyrrole nitrogens is 1. The molecular weight excluding hydrogens is 311 g/mol. The maximum absolute atomic E-state index is 12.3. The summed E-state index contributed by atoms with van der Waals surface area (Å²) in [5.41, 5.74) is 6.86. The summed E-state index contributed by atoms with van der Waals surface area (Å²) in [6.07, 6.45) is 4.58. The van der Waals surface area contributed by atoms with E-state index in [1.54, 1.807) is 6.07 Å². The van der Waals surface area contributed by atoms with Crippen LogP contribution in [0.1, 0.15) is 32.1 Å². The van der Waals surface area contributed by atoms with Crippen LogP contribution in [0, 0.1) is 0 Å². The Kier molecular flexibility index (Phi) is 4.76. The summed E-state index contributed by atoms with van der Waals surface area (Å²) in [4.78, 5) is 19.7. The van der Waals surface area contributed by atoms with Crippen LogP contribution in [0.25, 0.3) is 11.0 Å². The molecule has 0 aliphatic heterocycles. The van der Waals surface area contributed by atoms with E-state index < -0.39 is 5.54 Å². The topological polar surface area (TPSA) is 83.8 Å². The molecule has 5 nitrogen and oxygen atoms in total. The van der Waals surface area contributed by atoms with Crippen molar-refractivity contribution in [2.24, 2.45) is 5.73 Å². The lowest BCUT2D eigenvalue weighted by molar-refractivity contribution is -0.122. The van der Waals surface area contributed by atoms with Gasteiger partial charge in [0.25, 0.3) is 0 Å². The summed E-state index contributed by atoms with van der Waals surface area (Å²) in [7, 11) is 0. The summed E-state index contributed by atoms with van der Waals surface area (Å²) in [5, 5.41) is 3.33. The van der Waals surface area contributed by atoms with Gasteiger partial charge < -0.3 is 10.7 Å². The van der Waals surface area contributed by atoms with Gasteiger partial charge >= 0.3 is 0 Å². The van der Waals surface area contributed by atoms with Crippen LogP contribution in [0.3, 0.4) is 0 Å². The van der Waals surface area contributed by atoms with Crippen LogP contribution in [0.5, 0.6) is 0 Å². The van der Waals surface area contributed by atoms with Gasteiger partial charge in [0.1, 0.15) is 5.52 Å². The minimum absolute atomic E-state index is 0. The number of benzene rings is 1. The van der Waals surface area contributed by atoms with Crippen LogP contribution in [-0.4, -0.2) is 21.4 Å². The van der Waals surface area contributed by atoms with Crippen LogP contribution in [-0.2, 0) is 4.79 Å². The number of para-hydroxylation sites is 1. The third-order valence-electron chi connectivity index (χ3n) is 3.89. The number of aromatic nitrogens is 2. The molecule has 1 aliphatic carbocycles. The van der Waals surface area contributed by atoms with Crippen LogP contribution in [0.15, 0.2) is 18.2 Å². The van der Waals surface area contributed by atoms with E-state index in [2.05, 4.69) is 15.3 Å². The van der Waals surface area contributed by atoms with Gasteiger partial charge in [-0.25, -0.2) is 4.98 Å². The molecular formula is C14H18Cl2N4O. The standard InChI is InChI=1S/C14H17ClN4O.ClH/c15-9-5-4-6-10-11(9)18-13(17-10)19-12(20)14(16)7-2-1-3-8-14;/h4-6H,1-3,7-8,16H2,(H2,17,18,19,20);1H. The zero-order valence-corrected chi connectivity index (χ0v) is 13.1. The zero-order valence-electron chi connectivity index (χ0n) is 11.5. The van der Waals surface area contributed by atoms with Crippen molar-refractivity contribution >= 4 is 46.9 Å². The average Bonchev–Trinajstić information content (AvgIpc) is 2.83. The molecule has 0 radical (unpaired) electrons. The first-order chi connectivity index (χ1) is 9.58. The Balaban J connectivity index is 0.00000161. The van der Waals surface area contributed by atoms with Crippen LogP contribution in [0.2, 0.25) is 5.02 Å². The van der Waals surface area contributed by atoms with Crippen molar-refractivity contribution in [2.75, 3.05) is 5.32 Å². The fourth-order valence-corrected chi connectivity index (χ4v) is 2.91. The van der Waals surface area contributed by atoms with Crippen LogP contribution >= 0.6 is 24.0 Å². The fraction of sp³-hybridized carbons (Fsp3) is 0.429. The van der Waals surface area contributed by atoms with Gasteiger partial charge in [-0.05, 0) is 25.0 Å². The SMILES string of the molecule is Cl.NC1(C(=O)Nc2nc3c(Cl)cccc3[nH]2)CCCCC1. The third-order valence-corrected chi connectivity index (χ3v) is 4.20. The largest absolute Gasteiger partial charge is 0.324 e. The Morgan fingerprint density at radius 1 is 1.33 bits per heavy atom. The number of anilines is 1. The van der Waals surface area contributed by atoms with Crippen LogP contribution in [0.4, 0.5) is 5.95 Å². The van der Waals surface area contributed by atoms with Crippen molar-refractivity contribution in [3.63, 3.8) is 0 Å². The number of nitrogens with two attached hydrogens (primary N) is 1. The lowest BCUT2D eigenvalue weighted by Crippen LogP contribution is -2.52. The first-order valence-corrected chi connectivity index (χ1v) is 7.21. The molecule has 1 heterocycles. The Bertz CT molecular complexity index is 649. The van der Waals surface area contributed by atoms with Crippen molar-refractivity contribution in [1.82, 2.24) is 9.97 Å². The van der Waals surface area contributed by atoms with Crippen molar-refractivity contribution in [3.05, 3.63) is 23.2 Å². The van der Waals surface area contributed by atoms with E-state index >= 15 is 0 Å². The van der Waals surface area contributed by atoms with Gasteiger partial charge in [-0.3, -0.25) is 10.1 Å². The Hall–Kier alpha value is -1.30. The number of hydrogen-bond donors (Lipinski definition) is 3. The highest BCUT2D eigenvalue weighted by Gasteiger charge is 2.35. The first-order valence-electron chi connectivity index (χ1n) is 6.83. The highest BCUT2D eigenvalue weighted by atomic mass is 35.5. The number of imidazole rings is 1. The number of hydrogen-bond acceptors (Lipinski definition) is 3. The Labute approximate surface area is 134 Å². The number of rotatable bonds is 2. The van der Waals surface area contributed by atoms with Crippen molar-refractivity contribution in [1.29, 1.82) is 0 Å². The van der Waals surface area contributed by atoms with E-state index in [0.717, 1.165) is 37.6 Å². The molecule has 3 rings (SSSR count). The smallest absolute Gasteiger partial charge is 0.246 e. The van der Waals surface area contributed by atoms with Gasteiger partial charge in [0.2, 0.25) is 11.9 Å². The molecule has 0 unspecified atom stereocenters. The number of carbonyl (C=O) groups excluding carboxylic acids is 1.